The summed E-state index contributed by atoms with van der Waals surface area (Å²) in [5.74, 6) is -0.189. The topological polar surface area (TPSA) is 98.1 Å². The maximum Gasteiger partial charge on any atom is 0.217 e. The van der Waals surface area contributed by atoms with Crippen molar-refractivity contribution < 1.29 is 9.90 Å². The Balaban J connectivity index is 2.39. The van der Waals surface area contributed by atoms with Crippen LogP contribution in [-0.4, -0.2) is 23.1 Å². The Bertz CT molecular complexity index is 527. The van der Waals surface area contributed by atoms with Crippen molar-refractivity contribution in [1.82, 2.24) is 5.32 Å². The molecule has 6 nitrogen and oxygen atoms in total. The summed E-state index contributed by atoms with van der Waals surface area (Å²) in [5, 5.41) is 17.5. The first-order chi connectivity index (χ1) is 9.58. The Hall–Kier alpha value is -2.04. The molecule has 20 heavy (non-hydrogen) atoms. The van der Waals surface area contributed by atoms with Crippen LogP contribution in [0.25, 0.3) is 10.4 Å². The molecule has 0 unspecified atom stereocenters. The van der Waals surface area contributed by atoms with E-state index in [9.17, 15) is 9.90 Å². The minimum atomic E-state index is -1.24. The lowest BCUT2D eigenvalue weighted by atomic mass is 9.73. The third kappa shape index (κ3) is 2.76. The van der Waals surface area contributed by atoms with Crippen molar-refractivity contribution in [2.24, 2.45) is 5.11 Å². The van der Waals surface area contributed by atoms with Gasteiger partial charge in [0.1, 0.15) is 5.60 Å². The Morgan fingerprint density at radius 1 is 1.50 bits per heavy atom. The molecule has 3 atom stereocenters. The number of nitrogens with zero attached hydrogens (tertiary/aromatic N) is 3. The Morgan fingerprint density at radius 2 is 2.20 bits per heavy atom. The number of azide groups is 1. The number of hydrogen-bond donors (Lipinski definition) is 2. The van der Waals surface area contributed by atoms with Gasteiger partial charge in [0.2, 0.25) is 5.91 Å². The molecule has 2 N–H and O–H groups in total. The molecule has 2 rings (SSSR count). The summed E-state index contributed by atoms with van der Waals surface area (Å²) in [4.78, 5) is 14.1. The summed E-state index contributed by atoms with van der Waals surface area (Å²) in [6.07, 6.45) is 1.96. The zero-order valence-electron chi connectivity index (χ0n) is 11.4. The average Bonchev–Trinajstić information content (AvgIpc) is 2.43. The monoisotopic (exact) mass is 274 g/mol. The molecule has 0 aliphatic heterocycles. The van der Waals surface area contributed by atoms with Gasteiger partial charge in [-0.05, 0) is 30.4 Å². The largest absolute Gasteiger partial charge is 0.385 e. The van der Waals surface area contributed by atoms with Gasteiger partial charge in [0.05, 0.1) is 6.04 Å². The van der Waals surface area contributed by atoms with Crippen LogP contribution >= 0.6 is 0 Å². The molecule has 6 heteroatoms. The summed E-state index contributed by atoms with van der Waals surface area (Å²) >= 11 is 0. The maximum atomic E-state index is 11.3. The van der Waals surface area contributed by atoms with E-state index < -0.39 is 11.6 Å². The number of benzene rings is 1. The lowest BCUT2D eigenvalue weighted by molar-refractivity contribution is -0.121. The fraction of sp³-hybridized carbons (Fsp3) is 0.500. The van der Waals surface area contributed by atoms with Crippen LogP contribution in [0.1, 0.15) is 31.7 Å². The first kappa shape index (κ1) is 14.4. The number of aliphatic hydroxyl groups is 1. The molecule has 0 saturated heterocycles. The van der Waals surface area contributed by atoms with Gasteiger partial charge in [-0.25, -0.2) is 0 Å². The van der Waals surface area contributed by atoms with Crippen LogP contribution in [0.4, 0.5) is 0 Å². The van der Waals surface area contributed by atoms with Crippen molar-refractivity contribution in [2.45, 2.75) is 43.9 Å². The zero-order valence-corrected chi connectivity index (χ0v) is 11.4. The predicted octanol–water partition coefficient (Wildman–Crippen LogP) is 2.24. The van der Waals surface area contributed by atoms with E-state index in [0.29, 0.717) is 18.4 Å². The molecule has 1 saturated carbocycles. The van der Waals surface area contributed by atoms with Gasteiger partial charge >= 0.3 is 0 Å². The third-order valence-corrected chi connectivity index (χ3v) is 3.78. The normalized spacial score (nSPS) is 29.3. The Labute approximate surface area is 117 Å². The van der Waals surface area contributed by atoms with E-state index in [1.54, 1.807) is 0 Å². The van der Waals surface area contributed by atoms with Crippen LogP contribution < -0.4 is 5.32 Å². The van der Waals surface area contributed by atoms with Crippen molar-refractivity contribution in [3.05, 3.63) is 46.3 Å². The predicted molar refractivity (Wildman–Crippen MR) is 74.7 cm³/mol. The van der Waals surface area contributed by atoms with Gasteiger partial charge in [0.25, 0.3) is 0 Å². The summed E-state index contributed by atoms with van der Waals surface area (Å²) in [7, 11) is 0. The summed E-state index contributed by atoms with van der Waals surface area (Å²) in [6, 6.07) is 8.12. The van der Waals surface area contributed by atoms with Crippen molar-refractivity contribution >= 4 is 5.91 Å². The van der Waals surface area contributed by atoms with E-state index in [4.69, 9.17) is 5.53 Å². The van der Waals surface area contributed by atoms with E-state index in [1.807, 2.05) is 30.3 Å². The number of nitrogens with one attached hydrogen (secondary N) is 1. The van der Waals surface area contributed by atoms with Gasteiger partial charge in [-0.1, -0.05) is 35.4 Å². The zero-order chi connectivity index (χ0) is 14.6. The fourth-order valence-corrected chi connectivity index (χ4v) is 2.92. The minimum Gasteiger partial charge on any atom is -0.385 e. The molecule has 0 radical (unpaired) electrons. The maximum absolute atomic E-state index is 11.3. The molecule has 1 aliphatic rings. The lowest BCUT2D eigenvalue weighted by Crippen LogP contribution is -2.55. The molecule has 1 aliphatic carbocycles. The van der Waals surface area contributed by atoms with Crippen LogP contribution in [-0.2, 0) is 10.4 Å². The van der Waals surface area contributed by atoms with Crippen LogP contribution in [0, 0.1) is 0 Å². The highest BCUT2D eigenvalue weighted by atomic mass is 16.3. The smallest absolute Gasteiger partial charge is 0.217 e. The van der Waals surface area contributed by atoms with Crippen LogP contribution in [0.5, 0.6) is 0 Å². The first-order valence-electron chi connectivity index (χ1n) is 6.67. The molecule has 0 aromatic heterocycles. The van der Waals surface area contributed by atoms with Gasteiger partial charge in [0.15, 0.2) is 0 Å². The highest BCUT2D eigenvalue weighted by Crippen LogP contribution is 2.39. The number of carbonyl (C=O) groups is 1. The summed E-state index contributed by atoms with van der Waals surface area (Å²) < 4.78 is 0. The van der Waals surface area contributed by atoms with Gasteiger partial charge < -0.3 is 10.4 Å². The molecular weight excluding hydrogens is 256 g/mol. The van der Waals surface area contributed by atoms with Crippen LogP contribution in [0.3, 0.4) is 0 Å². The van der Waals surface area contributed by atoms with Crippen molar-refractivity contribution in [1.29, 1.82) is 0 Å². The van der Waals surface area contributed by atoms with Crippen molar-refractivity contribution in [3.8, 4) is 0 Å². The average molecular weight is 274 g/mol. The molecule has 106 valence electrons. The quantitative estimate of drug-likeness (QED) is 0.502. The van der Waals surface area contributed by atoms with Gasteiger partial charge in [-0.2, -0.15) is 0 Å². The summed E-state index contributed by atoms with van der Waals surface area (Å²) in [5.41, 5.74) is 8.26. The van der Waals surface area contributed by atoms with Gasteiger partial charge in [-0.3, -0.25) is 4.79 Å². The molecule has 0 spiro atoms. The SMILES string of the molecule is CC(=O)N[C@@H]1CCC[C@](O)(c2ccccc2)[C@@H]1N=[N+]=[N-]. The number of carbonyl (C=O) groups excluding carboxylic acids is 1. The summed E-state index contributed by atoms with van der Waals surface area (Å²) in [6.45, 7) is 1.42. The van der Waals surface area contributed by atoms with Crippen LogP contribution in [0.2, 0.25) is 0 Å². The number of amides is 1. The van der Waals surface area contributed by atoms with E-state index in [-0.39, 0.29) is 11.9 Å². The third-order valence-electron chi connectivity index (χ3n) is 3.78. The Morgan fingerprint density at radius 3 is 2.80 bits per heavy atom. The second kappa shape index (κ2) is 5.94. The standard InChI is InChI=1S/C14H18N4O2/c1-10(19)16-12-8-5-9-14(20,13(12)17-18-15)11-6-3-2-4-7-11/h2-4,6-7,12-13,20H,5,8-9H2,1H3,(H,16,19)/t12-,13-,14+/m1/s1. The molecule has 0 heterocycles. The van der Waals surface area contributed by atoms with E-state index in [1.165, 1.54) is 6.92 Å². The number of hydrogen-bond acceptors (Lipinski definition) is 3. The fourth-order valence-electron chi connectivity index (χ4n) is 2.92. The highest BCUT2D eigenvalue weighted by molar-refractivity contribution is 5.73. The second-order valence-corrected chi connectivity index (χ2v) is 5.14. The van der Waals surface area contributed by atoms with Gasteiger partial charge in [-0.15, -0.1) is 0 Å². The highest BCUT2D eigenvalue weighted by Gasteiger charge is 2.45. The van der Waals surface area contributed by atoms with Crippen molar-refractivity contribution in [2.75, 3.05) is 0 Å². The molecule has 1 aromatic rings. The minimum absolute atomic E-state index is 0.189. The number of rotatable bonds is 3. The molecule has 0 bridgehead atoms. The lowest BCUT2D eigenvalue weighted by Gasteiger charge is -2.42. The molecular formula is C14H18N4O2. The van der Waals surface area contributed by atoms with Crippen molar-refractivity contribution in [3.63, 3.8) is 0 Å². The van der Waals surface area contributed by atoms with Crippen LogP contribution in [0.15, 0.2) is 35.4 Å². The van der Waals surface area contributed by atoms with E-state index in [0.717, 1.165) is 6.42 Å². The second-order valence-electron chi connectivity index (χ2n) is 5.14. The first-order valence-corrected chi connectivity index (χ1v) is 6.67. The van der Waals surface area contributed by atoms with E-state index >= 15 is 0 Å². The van der Waals surface area contributed by atoms with E-state index in [2.05, 4.69) is 15.3 Å². The molecule has 1 amide bonds. The van der Waals surface area contributed by atoms with Gasteiger partial charge in [0, 0.05) is 17.9 Å². The Kier molecular flexibility index (Phi) is 4.27. The molecule has 1 fully saturated rings. The molecule has 1 aromatic carbocycles.